The van der Waals surface area contributed by atoms with Crippen molar-refractivity contribution in [2.45, 2.75) is 6.61 Å². The Hall–Kier alpha value is -2.30. The molecule has 5 heteroatoms. The number of rotatable bonds is 4. The van der Waals surface area contributed by atoms with E-state index in [1.165, 1.54) is 0 Å². The van der Waals surface area contributed by atoms with Gasteiger partial charge in [0.15, 0.2) is 0 Å². The molecular formula is C20H19ClN2O2. The summed E-state index contributed by atoms with van der Waals surface area (Å²) in [5.41, 5.74) is 1.96. The Morgan fingerprint density at radius 1 is 1.00 bits per heavy atom. The lowest BCUT2D eigenvalue weighted by Crippen LogP contribution is -2.36. The van der Waals surface area contributed by atoms with Crippen molar-refractivity contribution >= 4 is 28.3 Å². The van der Waals surface area contributed by atoms with E-state index in [9.17, 15) is 0 Å². The first-order chi connectivity index (χ1) is 12.3. The van der Waals surface area contributed by atoms with E-state index in [2.05, 4.69) is 23.1 Å². The van der Waals surface area contributed by atoms with Crippen molar-refractivity contribution < 1.29 is 9.47 Å². The van der Waals surface area contributed by atoms with Crippen molar-refractivity contribution in [1.29, 1.82) is 0 Å². The number of hydrogen-bond donors (Lipinski definition) is 0. The number of morpholine rings is 1. The maximum Gasteiger partial charge on any atom is 0.146 e. The van der Waals surface area contributed by atoms with Gasteiger partial charge in [-0.1, -0.05) is 35.9 Å². The van der Waals surface area contributed by atoms with Crippen LogP contribution in [0.1, 0.15) is 5.56 Å². The third-order valence-electron chi connectivity index (χ3n) is 4.31. The van der Waals surface area contributed by atoms with Crippen LogP contribution >= 0.6 is 11.6 Å². The third kappa shape index (κ3) is 3.70. The normalized spacial score (nSPS) is 14.7. The van der Waals surface area contributed by atoms with Gasteiger partial charge < -0.3 is 14.4 Å². The molecule has 0 saturated carbocycles. The monoisotopic (exact) mass is 354 g/mol. The number of ether oxygens (including phenoxy) is 2. The molecule has 0 spiro atoms. The Morgan fingerprint density at radius 2 is 1.80 bits per heavy atom. The molecule has 1 aromatic heterocycles. The molecule has 2 heterocycles. The number of para-hydroxylation sites is 1. The van der Waals surface area contributed by atoms with Gasteiger partial charge in [-0.15, -0.1) is 0 Å². The summed E-state index contributed by atoms with van der Waals surface area (Å²) in [6.45, 7) is 3.71. The van der Waals surface area contributed by atoms with Gasteiger partial charge in [0.25, 0.3) is 0 Å². The van der Waals surface area contributed by atoms with Crippen LogP contribution in [-0.4, -0.2) is 31.3 Å². The predicted octanol–water partition coefficient (Wildman–Crippen LogP) is 4.30. The van der Waals surface area contributed by atoms with Gasteiger partial charge in [-0.3, -0.25) is 0 Å². The molecule has 25 heavy (non-hydrogen) atoms. The zero-order valence-corrected chi connectivity index (χ0v) is 14.6. The van der Waals surface area contributed by atoms with E-state index >= 15 is 0 Å². The Morgan fingerprint density at radius 3 is 2.60 bits per heavy atom. The second-order valence-corrected chi connectivity index (χ2v) is 6.45. The Bertz CT molecular complexity index is 861. The second-order valence-electron chi connectivity index (χ2n) is 6.01. The van der Waals surface area contributed by atoms with Crippen molar-refractivity contribution in [3.05, 3.63) is 65.2 Å². The van der Waals surface area contributed by atoms with E-state index in [-0.39, 0.29) is 0 Å². The average Bonchev–Trinajstić information content (AvgIpc) is 2.68. The maximum atomic E-state index is 6.04. The molecule has 128 valence electrons. The molecule has 4 nitrogen and oxygen atoms in total. The number of aromatic nitrogens is 1. The van der Waals surface area contributed by atoms with E-state index < -0.39 is 0 Å². The number of halogens is 1. The Balaban J connectivity index is 1.60. The van der Waals surface area contributed by atoms with Gasteiger partial charge in [-0.2, -0.15) is 0 Å². The van der Waals surface area contributed by atoms with Crippen molar-refractivity contribution in [2.75, 3.05) is 31.2 Å². The number of benzene rings is 2. The van der Waals surface area contributed by atoms with Crippen LogP contribution in [0.4, 0.5) is 5.82 Å². The molecular weight excluding hydrogens is 336 g/mol. The number of hydrogen-bond acceptors (Lipinski definition) is 4. The highest BCUT2D eigenvalue weighted by Gasteiger charge is 2.14. The molecule has 0 N–H and O–H groups in total. The minimum Gasteiger partial charge on any atom is -0.487 e. The van der Waals surface area contributed by atoms with Gasteiger partial charge in [-0.05, 0) is 35.9 Å². The lowest BCUT2D eigenvalue weighted by Gasteiger charge is -2.28. The summed E-state index contributed by atoms with van der Waals surface area (Å²) in [7, 11) is 0. The quantitative estimate of drug-likeness (QED) is 0.699. The molecule has 0 unspecified atom stereocenters. The van der Waals surface area contributed by atoms with Crippen molar-refractivity contribution in [3.8, 4) is 5.75 Å². The topological polar surface area (TPSA) is 34.6 Å². The highest BCUT2D eigenvalue weighted by molar-refractivity contribution is 6.30. The van der Waals surface area contributed by atoms with E-state index in [1.54, 1.807) is 0 Å². The minimum absolute atomic E-state index is 0.486. The zero-order chi connectivity index (χ0) is 17.1. The molecule has 1 aliphatic rings. The van der Waals surface area contributed by atoms with E-state index in [0.29, 0.717) is 6.61 Å². The van der Waals surface area contributed by atoms with Crippen LogP contribution in [0.5, 0.6) is 5.75 Å². The Labute approximate surface area is 151 Å². The van der Waals surface area contributed by atoms with Gasteiger partial charge in [0.05, 0.1) is 13.2 Å². The van der Waals surface area contributed by atoms with Gasteiger partial charge >= 0.3 is 0 Å². The lowest BCUT2D eigenvalue weighted by atomic mass is 10.2. The lowest BCUT2D eigenvalue weighted by molar-refractivity contribution is 0.122. The van der Waals surface area contributed by atoms with Gasteiger partial charge in [-0.25, -0.2) is 4.98 Å². The first kappa shape index (κ1) is 16.2. The SMILES string of the molecule is Clc1ccc(COc2cccc3ccc(N4CCOCC4)nc23)cc1. The standard InChI is InChI=1S/C20H19ClN2O2/c21-17-7-4-15(5-8-17)14-25-18-3-1-2-16-6-9-19(22-20(16)18)23-10-12-24-13-11-23/h1-9H,10-14H2. The molecule has 1 saturated heterocycles. The molecule has 1 fully saturated rings. The van der Waals surface area contributed by atoms with Gasteiger partial charge in [0.2, 0.25) is 0 Å². The fourth-order valence-corrected chi connectivity index (χ4v) is 3.06. The largest absolute Gasteiger partial charge is 0.487 e. The molecule has 0 aliphatic carbocycles. The van der Waals surface area contributed by atoms with Crippen LogP contribution in [0.3, 0.4) is 0 Å². The molecule has 3 aromatic rings. The van der Waals surface area contributed by atoms with E-state index in [0.717, 1.165) is 59.4 Å². The van der Waals surface area contributed by atoms with E-state index in [4.69, 9.17) is 26.1 Å². The first-order valence-corrected chi connectivity index (χ1v) is 8.77. The highest BCUT2D eigenvalue weighted by atomic mass is 35.5. The minimum atomic E-state index is 0.486. The van der Waals surface area contributed by atoms with Gasteiger partial charge in [0.1, 0.15) is 23.7 Å². The first-order valence-electron chi connectivity index (χ1n) is 8.39. The van der Waals surface area contributed by atoms with Crippen molar-refractivity contribution in [3.63, 3.8) is 0 Å². The molecule has 0 radical (unpaired) electrons. The van der Waals surface area contributed by atoms with Crippen LogP contribution in [-0.2, 0) is 11.3 Å². The maximum absolute atomic E-state index is 6.04. The summed E-state index contributed by atoms with van der Waals surface area (Å²) >= 11 is 5.93. The number of nitrogens with zero attached hydrogens (tertiary/aromatic N) is 2. The molecule has 1 aliphatic heterocycles. The molecule has 0 atom stereocenters. The average molecular weight is 355 g/mol. The van der Waals surface area contributed by atoms with Crippen LogP contribution in [0, 0.1) is 0 Å². The summed E-state index contributed by atoms with van der Waals surface area (Å²) in [4.78, 5) is 7.10. The molecule has 4 rings (SSSR count). The zero-order valence-electron chi connectivity index (χ0n) is 13.8. The van der Waals surface area contributed by atoms with E-state index in [1.807, 2.05) is 36.4 Å². The fourth-order valence-electron chi connectivity index (χ4n) is 2.94. The summed E-state index contributed by atoms with van der Waals surface area (Å²) < 4.78 is 11.5. The molecule has 2 aromatic carbocycles. The highest BCUT2D eigenvalue weighted by Crippen LogP contribution is 2.27. The Kier molecular flexibility index (Phi) is 4.72. The van der Waals surface area contributed by atoms with Gasteiger partial charge in [0, 0.05) is 23.5 Å². The van der Waals surface area contributed by atoms with Crippen LogP contribution in [0.2, 0.25) is 5.02 Å². The number of anilines is 1. The van der Waals surface area contributed by atoms with Crippen LogP contribution in [0.15, 0.2) is 54.6 Å². The summed E-state index contributed by atoms with van der Waals surface area (Å²) in [6.07, 6.45) is 0. The summed E-state index contributed by atoms with van der Waals surface area (Å²) in [5.74, 6) is 1.76. The summed E-state index contributed by atoms with van der Waals surface area (Å²) in [5, 5.41) is 1.80. The second kappa shape index (κ2) is 7.30. The van der Waals surface area contributed by atoms with Crippen LogP contribution in [0.25, 0.3) is 10.9 Å². The molecule has 0 bridgehead atoms. The fraction of sp³-hybridized carbons (Fsp3) is 0.250. The third-order valence-corrected chi connectivity index (χ3v) is 4.56. The molecule has 0 amide bonds. The smallest absolute Gasteiger partial charge is 0.146 e. The van der Waals surface area contributed by atoms with Crippen molar-refractivity contribution in [1.82, 2.24) is 4.98 Å². The summed E-state index contributed by atoms with van der Waals surface area (Å²) in [6, 6.07) is 17.9. The number of pyridine rings is 1. The predicted molar refractivity (Wildman–Crippen MR) is 101 cm³/mol. The number of fused-ring (bicyclic) bond motifs is 1. The van der Waals surface area contributed by atoms with Crippen molar-refractivity contribution in [2.24, 2.45) is 0 Å². The van der Waals surface area contributed by atoms with Crippen LogP contribution < -0.4 is 9.64 Å².